The fourth-order valence-corrected chi connectivity index (χ4v) is 7.26. The molecule has 2 aromatic rings. The lowest BCUT2D eigenvalue weighted by atomic mass is 9.75. The van der Waals surface area contributed by atoms with Crippen molar-refractivity contribution in [2.45, 2.75) is 62.5 Å². The summed E-state index contributed by atoms with van der Waals surface area (Å²) in [6.45, 7) is 2.15. The average molecular weight is 502 g/mol. The number of alkyl halides is 1. The van der Waals surface area contributed by atoms with Gasteiger partial charge in [0.05, 0.1) is 16.2 Å². The van der Waals surface area contributed by atoms with Crippen molar-refractivity contribution in [3.05, 3.63) is 40.5 Å². The highest BCUT2D eigenvalue weighted by Crippen LogP contribution is 2.45. The first kappa shape index (κ1) is 23.5. The lowest BCUT2D eigenvalue weighted by molar-refractivity contribution is -0.139. The summed E-state index contributed by atoms with van der Waals surface area (Å²) in [6.07, 6.45) is 6.23. The summed E-state index contributed by atoms with van der Waals surface area (Å²) in [4.78, 5) is 46.6. The number of rotatable bonds is 5. The highest BCUT2D eigenvalue weighted by atomic mass is 35.5. The Kier molecular flexibility index (Phi) is 6.48. The number of nitrogens with two attached hydrogens (primary N) is 1. The second-order valence-corrected chi connectivity index (χ2v) is 11.1. The van der Waals surface area contributed by atoms with Crippen molar-refractivity contribution in [2.75, 3.05) is 13.2 Å². The molecule has 4 heterocycles. The predicted molar refractivity (Wildman–Crippen MR) is 130 cm³/mol. The molecule has 1 aliphatic carbocycles. The van der Waals surface area contributed by atoms with E-state index in [2.05, 4.69) is 4.98 Å². The summed E-state index contributed by atoms with van der Waals surface area (Å²) >= 11 is 7.79. The number of nitrogens with zero attached hydrogens (tertiary/aromatic N) is 2. The van der Waals surface area contributed by atoms with Crippen molar-refractivity contribution in [3.63, 3.8) is 0 Å². The number of carbonyl (C=O) groups is 3. The Hall–Kier alpha value is -2.29. The molecule has 34 heavy (non-hydrogen) atoms. The molecule has 2 amide bonds. The van der Waals surface area contributed by atoms with Crippen LogP contribution >= 0.6 is 22.9 Å². The zero-order valence-corrected chi connectivity index (χ0v) is 20.6. The average Bonchev–Trinajstić information content (AvgIpc) is 3.51. The lowest BCUT2D eigenvalue weighted by Gasteiger charge is -2.34. The molecule has 7 nitrogen and oxygen atoms in total. The number of halogens is 1. The minimum atomic E-state index is -0.656. The third kappa shape index (κ3) is 4.06. The number of hydrogen-bond acceptors (Lipinski definition) is 6. The molecule has 2 saturated heterocycles. The minimum Gasteiger partial charge on any atom is -0.366 e. The van der Waals surface area contributed by atoms with Gasteiger partial charge in [-0.25, -0.2) is 0 Å². The van der Waals surface area contributed by atoms with E-state index in [1.54, 1.807) is 11.1 Å². The molecule has 1 saturated carbocycles. The monoisotopic (exact) mass is 501 g/mol. The maximum Gasteiger partial charge on any atom is 0.259 e. The number of Topliss-reactive ketones (excluding diaryl/α,β-unsaturated/α-hetero) is 1. The molecule has 3 aliphatic rings. The second-order valence-electron chi connectivity index (χ2n) is 9.46. The van der Waals surface area contributed by atoms with Crippen LogP contribution in [0.15, 0.2) is 24.4 Å². The quantitative estimate of drug-likeness (QED) is 0.630. The fourth-order valence-electron chi connectivity index (χ4n) is 5.76. The number of fused-ring (bicyclic) bond motifs is 1. The summed E-state index contributed by atoms with van der Waals surface area (Å²) in [5.74, 6) is -1.30. The number of ketones is 1. The second kappa shape index (κ2) is 9.40. The van der Waals surface area contributed by atoms with Crippen LogP contribution in [0.3, 0.4) is 0 Å². The zero-order chi connectivity index (χ0) is 24.0. The van der Waals surface area contributed by atoms with Crippen molar-refractivity contribution < 1.29 is 19.1 Å². The Morgan fingerprint density at radius 1 is 1.29 bits per heavy atom. The van der Waals surface area contributed by atoms with Gasteiger partial charge >= 0.3 is 0 Å². The van der Waals surface area contributed by atoms with E-state index in [0.717, 1.165) is 48.2 Å². The molecule has 9 heteroatoms. The van der Waals surface area contributed by atoms with Crippen LogP contribution in [-0.4, -0.2) is 58.2 Å². The number of amides is 2. The van der Waals surface area contributed by atoms with Crippen molar-refractivity contribution in [3.8, 4) is 10.4 Å². The first-order valence-electron chi connectivity index (χ1n) is 11.8. The van der Waals surface area contributed by atoms with E-state index >= 15 is 0 Å². The topological polar surface area (TPSA) is 103 Å². The normalized spacial score (nSPS) is 26.0. The van der Waals surface area contributed by atoms with Gasteiger partial charge in [-0.2, -0.15) is 0 Å². The number of pyridine rings is 1. The molecule has 3 fully saturated rings. The van der Waals surface area contributed by atoms with Crippen molar-refractivity contribution in [1.29, 1.82) is 0 Å². The van der Waals surface area contributed by atoms with Gasteiger partial charge in [0.15, 0.2) is 5.78 Å². The van der Waals surface area contributed by atoms with Gasteiger partial charge in [0.1, 0.15) is 18.8 Å². The van der Waals surface area contributed by atoms with Crippen molar-refractivity contribution in [2.24, 2.45) is 11.7 Å². The van der Waals surface area contributed by atoms with E-state index in [9.17, 15) is 14.4 Å². The van der Waals surface area contributed by atoms with Crippen LogP contribution in [0.1, 0.15) is 59.0 Å². The van der Waals surface area contributed by atoms with Gasteiger partial charge in [0.25, 0.3) is 5.91 Å². The highest BCUT2D eigenvalue weighted by Gasteiger charge is 2.53. The molecule has 0 bridgehead atoms. The van der Waals surface area contributed by atoms with E-state index in [1.807, 2.05) is 25.1 Å². The molecule has 0 unspecified atom stereocenters. The van der Waals surface area contributed by atoms with E-state index in [0.29, 0.717) is 10.4 Å². The third-order valence-corrected chi connectivity index (χ3v) is 8.97. The van der Waals surface area contributed by atoms with Gasteiger partial charge in [-0.1, -0.05) is 25.3 Å². The lowest BCUT2D eigenvalue weighted by Crippen LogP contribution is -2.46. The summed E-state index contributed by atoms with van der Waals surface area (Å²) in [7, 11) is 0. The molecule has 2 aromatic heterocycles. The van der Waals surface area contributed by atoms with Crippen molar-refractivity contribution >= 4 is 40.5 Å². The SMILES string of the molecule is Cc1ncccc1-c1cc([C@@H](C(=O)N2C[C@H](Cl)[C@H]3OCC(=O)[C@H]32)C2CCCCC2)c(C(N)=O)s1. The first-order valence-corrected chi connectivity index (χ1v) is 13.1. The Bertz CT molecular complexity index is 1130. The minimum absolute atomic E-state index is 0.0220. The van der Waals surface area contributed by atoms with Crippen LogP contribution in [0.5, 0.6) is 0 Å². The van der Waals surface area contributed by atoms with Gasteiger partial charge in [0, 0.05) is 28.9 Å². The van der Waals surface area contributed by atoms with Crippen LogP contribution < -0.4 is 5.73 Å². The smallest absolute Gasteiger partial charge is 0.259 e. The van der Waals surface area contributed by atoms with Gasteiger partial charge in [0.2, 0.25) is 5.91 Å². The van der Waals surface area contributed by atoms with E-state index in [1.165, 1.54) is 11.3 Å². The van der Waals surface area contributed by atoms with Crippen LogP contribution in [0.4, 0.5) is 0 Å². The number of aromatic nitrogens is 1. The van der Waals surface area contributed by atoms with E-state index < -0.39 is 29.3 Å². The molecule has 4 atom stereocenters. The number of carbonyl (C=O) groups excluding carboxylic acids is 3. The zero-order valence-electron chi connectivity index (χ0n) is 19.0. The highest BCUT2D eigenvalue weighted by molar-refractivity contribution is 7.17. The van der Waals surface area contributed by atoms with Crippen LogP contribution in [0.25, 0.3) is 10.4 Å². The number of likely N-dealkylation sites (tertiary alicyclic amines) is 1. The predicted octanol–water partition coefficient (Wildman–Crippen LogP) is 3.67. The number of primary amides is 1. The Morgan fingerprint density at radius 2 is 2.06 bits per heavy atom. The number of ether oxygens (including phenoxy) is 1. The summed E-state index contributed by atoms with van der Waals surface area (Å²) in [5, 5.41) is -0.431. The molecule has 180 valence electrons. The molecule has 5 rings (SSSR count). The van der Waals surface area contributed by atoms with E-state index in [-0.39, 0.29) is 30.8 Å². The maximum absolute atomic E-state index is 14.2. The number of aryl methyl sites for hydroxylation is 1. The van der Waals surface area contributed by atoms with Gasteiger partial charge < -0.3 is 15.4 Å². The first-order chi connectivity index (χ1) is 16.4. The third-order valence-electron chi connectivity index (χ3n) is 7.38. The fraction of sp³-hybridized carbons (Fsp3) is 0.520. The van der Waals surface area contributed by atoms with Crippen LogP contribution in [0, 0.1) is 12.8 Å². The standard InChI is InChI=1S/C25H28ClN3O4S/c1-13-15(8-5-9-28-13)19-10-16(23(34-19)24(27)31)20(14-6-3-2-4-7-14)25(32)29-11-17(26)22-21(29)18(30)12-33-22/h5,8-10,14,17,20-22H,2-4,6-7,11-12H2,1H3,(H2,27,31)/t17-,20-,21+,22+/m0/s1. The molecular weight excluding hydrogens is 474 g/mol. The molecule has 0 aromatic carbocycles. The van der Waals surface area contributed by atoms with Gasteiger partial charge in [-0.15, -0.1) is 22.9 Å². The maximum atomic E-state index is 14.2. The Labute approximate surface area is 207 Å². The Morgan fingerprint density at radius 3 is 2.76 bits per heavy atom. The number of hydrogen-bond donors (Lipinski definition) is 1. The molecule has 0 spiro atoms. The van der Waals surface area contributed by atoms with Gasteiger partial charge in [-0.05, 0) is 43.4 Å². The molecular formula is C25H28ClN3O4S. The van der Waals surface area contributed by atoms with Gasteiger partial charge in [-0.3, -0.25) is 19.4 Å². The van der Waals surface area contributed by atoms with Crippen LogP contribution in [-0.2, 0) is 14.3 Å². The largest absolute Gasteiger partial charge is 0.366 e. The van der Waals surface area contributed by atoms with Crippen molar-refractivity contribution in [1.82, 2.24) is 9.88 Å². The Balaban J connectivity index is 1.59. The summed E-state index contributed by atoms with van der Waals surface area (Å²) in [6, 6.07) is 5.09. The summed E-state index contributed by atoms with van der Waals surface area (Å²) < 4.78 is 5.60. The van der Waals surface area contributed by atoms with E-state index in [4.69, 9.17) is 22.1 Å². The number of thiophene rings is 1. The molecule has 2 N–H and O–H groups in total. The summed E-state index contributed by atoms with van der Waals surface area (Å²) in [5.41, 5.74) is 8.25. The van der Waals surface area contributed by atoms with Crippen LogP contribution in [0.2, 0.25) is 0 Å². The molecule has 2 aliphatic heterocycles. The molecule has 0 radical (unpaired) electrons.